The highest BCUT2D eigenvalue weighted by atomic mass is 32.1. The van der Waals surface area contributed by atoms with Crippen LogP contribution in [0.3, 0.4) is 0 Å². The average Bonchev–Trinajstić information content (AvgIpc) is 3.91. The molecule has 4 aromatic heterocycles. The van der Waals surface area contributed by atoms with Crippen molar-refractivity contribution in [2.45, 2.75) is 0 Å². The number of furan rings is 1. The molecule has 0 fully saturated rings. The van der Waals surface area contributed by atoms with Gasteiger partial charge < -0.3 is 8.98 Å². The molecule has 0 saturated heterocycles. The number of rotatable bonds is 4. The van der Waals surface area contributed by atoms with Gasteiger partial charge in [-0.25, -0.2) is 15.0 Å². The predicted octanol–water partition coefficient (Wildman–Crippen LogP) is 12.2. The molecule has 11 aromatic rings. The fourth-order valence-electron chi connectivity index (χ4n) is 7.31. The molecule has 11 rings (SSSR count). The van der Waals surface area contributed by atoms with E-state index in [1.54, 1.807) is 11.3 Å². The number of thiophene rings is 1. The maximum absolute atomic E-state index is 8.84. The number of fused-ring (bicyclic) bond motifs is 9. The summed E-state index contributed by atoms with van der Waals surface area (Å²) in [7, 11) is 0. The van der Waals surface area contributed by atoms with Crippen LogP contribution < -0.4 is 0 Å². The molecule has 0 spiro atoms. The van der Waals surface area contributed by atoms with Gasteiger partial charge in [0.25, 0.3) is 0 Å². The van der Waals surface area contributed by atoms with Crippen LogP contribution >= 0.6 is 11.3 Å². The normalized spacial score (nSPS) is 13.3. The van der Waals surface area contributed by atoms with Crippen LogP contribution in [0, 0.1) is 0 Å². The van der Waals surface area contributed by atoms with Gasteiger partial charge in [-0.05, 0) is 60.7 Å². The zero-order valence-corrected chi connectivity index (χ0v) is 27.5. The lowest BCUT2D eigenvalue weighted by Gasteiger charge is -2.10. The highest BCUT2D eigenvalue weighted by molar-refractivity contribution is 7.26. The molecular weight excluding hydrogens is 645 g/mol. The van der Waals surface area contributed by atoms with Crippen molar-refractivity contribution in [3.05, 3.63) is 158 Å². The molecule has 0 saturated carbocycles. The third-order valence-electron chi connectivity index (χ3n) is 9.55. The Morgan fingerprint density at radius 2 is 1.20 bits per heavy atom. The molecule has 0 aliphatic heterocycles. The van der Waals surface area contributed by atoms with Crippen molar-refractivity contribution in [1.82, 2.24) is 19.5 Å². The maximum Gasteiger partial charge on any atom is 0.164 e. The Bertz CT molecular complexity index is 3380. The minimum atomic E-state index is -0.482. The van der Waals surface area contributed by atoms with E-state index in [0.29, 0.717) is 22.8 Å². The van der Waals surface area contributed by atoms with Gasteiger partial charge in [-0.1, -0.05) is 96.9 Å². The Morgan fingerprint density at radius 3 is 2.00 bits per heavy atom. The molecular formula is C45H26N4OS. The highest BCUT2D eigenvalue weighted by Gasteiger charge is 2.19. The molecule has 51 heavy (non-hydrogen) atoms. The van der Waals surface area contributed by atoms with Crippen molar-refractivity contribution < 1.29 is 11.3 Å². The fourth-order valence-corrected chi connectivity index (χ4v) is 8.42. The van der Waals surface area contributed by atoms with E-state index in [0.717, 1.165) is 58.8 Å². The quantitative estimate of drug-likeness (QED) is 0.186. The summed E-state index contributed by atoms with van der Waals surface area (Å²) in [4.78, 5) is 14.8. The van der Waals surface area contributed by atoms with E-state index < -0.39 is 18.1 Å². The van der Waals surface area contributed by atoms with Gasteiger partial charge in [-0.3, -0.25) is 0 Å². The van der Waals surface area contributed by atoms with Crippen LogP contribution in [0.1, 0.15) is 6.85 Å². The van der Waals surface area contributed by atoms with Gasteiger partial charge in [-0.2, -0.15) is 0 Å². The van der Waals surface area contributed by atoms with Crippen LogP contribution in [-0.2, 0) is 0 Å². The largest absolute Gasteiger partial charge is 0.456 e. The first kappa shape index (κ1) is 23.7. The van der Waals surface area contributed by atoms with Crippen LogP contribution in [0.2, 0.25) is 0 Å². The second kappa shape index (κ2) is 10.9. The smallest absolute Gasteiger partial charge is 0.164 e. The number of benzene rings is 7. The Kier molecular flexibility index (Phi) is 5.08. The summed E-state index contributed by atoms with van der Waals surface area (Å²) in [5.74, 6) is 0.606. The monoisotopic (exact) mass is 675 g/mol. The van der Waals surface area contributed by atoms with E-state index in [2.05, 4.69) is 77.4 Å². The highest BCUT2D eigenvalue weighted by Crippen LogP contribution is 2.42. The Morgan fingerprint density at radius 1 is 0.510 bits per heavy atom. The van der Waals surface area contributed by atoms with Gasteiger partial charge >= 0.3 is 0 Å². The molecule has 0 atom stereocenters. The first-order valence-corrected chi connectivity index (χ1v) is 17.3. The van der Waals surface area contributed by atoms with Crippen molar-refractivity contribution in [3.63, 3.8) is 0 Å². The van der Waals surface area contributed by atoms with E-state index in [-0.39, 0.29) is 23.5 Å². The molecule has 0 aliphatic rings. The Hall–Kier alpha value is -6.63. The molecule has 7 aromatic carbocycles. The number of nitrogens with zero attached hydrogens (tertiary/aromatic N) is 4. The molecule has 0 N–H and O–H groups in total. The van der Waals surface area contributed by atoms with Crippen LogP contribution in [-0.4, -0.2) is 19.5 Å². The van der Waals surface area contributed by atoms with Gasteiger partial charge in [0.05, 0.1) is 17.9 Å². The van der Waals surface area contributed by atoms with Crippen molar-refractivity contribution in [2.24, 2.45) is 0 Å². The van der Waals surface area contributed by atoms with E-state index in [1.807, 2.05) is 54.6 Å². The zero-order valence-electron chi connectivity index (χ0n) is 31.7. The van der Waals surface area contributed by atoms with E-state index in [9.17, 15) is 0 Å². The molecule has 4 heterocycles. The van der Waals surface area contributed by atoms with Crippen molar-refractivity contribution in [2.75, 3.05) is 0 Å². The van der Waals surface area contributed by atoms with Gasteiger partial charge in [0.2, 0.25) is 0 Å². The molecule has 0 radical (unpaired) electrons. The van der Waals surface area contributed by atoms with Crippen molar-refractivity contribution >= 4 is 75.3 Å². The number of para-hydroxylation sites is 3. The van der Waals surface area contributed by atoms with E-state index >= 15 is 0 Å². The first-order valence-electron chi connectivity index (χ1n) is 19.0. The predicted molar refractivity (Wildman–Crippen MR) is 211 cm³/mol. The van der Waals surface area contributed by atoms with Crippen LogP contribution in [0.25, 0.3) is 104 Å². The molecule has 0 amide bonds. The van der Waals surface area contributed by atoms with Gasteiger partial charge in [0.1, 0.15) is 11.2 Å². The minimum Gasteiger partial charge on any atom is -0.456 e. The first-order chi connectivity index (χ1) is 27.3. The summed E-state index contributed by atoms with van der Waals surface area (Å²) >= 11 is 1.68. The second-order valence-electron chi connectivity index (χ2n) is 12.4. The molecule has 0 unspecified atom stereocenters. The summed E-state index contributed by atoms with van der Waals surface area (Å²) in [6.45, 7) is 0. The molecule has 5 nitrogen and oxygen atoms in total. The Labute approximate surface area is 302 Å². The fraction of sp³-hybridized carbons (Fsp3) is 0. The topological polar surface area (TPSA) is 56.7 Å². The van der Waals surface area contributed by atoms with Crippen molar-refractivity contribution in [3.8, 4) is 39.9 Å². The standard InChI is InChI=1S/C45H26N4OS/c1-2-11-27(12-3-1)43-46-44(28-21-23-39-34(25-28)32-15-6-9-19-38(32)50-39)48-45(47-43)33-16-10-20-41-42(33)35-26-29(22-24-40(35)51-41)49-36-17-7-4-13-30(36)31-14-5-8-18-37(31)49/h1-26H/i1D,2D,3D,11D,12D. The summed E-state index contributed by atoms with van der Waals surface area (Å²) in [6, 6.07) is 40.8. The lowest BCUT2D eigenvalue weighted by Crippen LogP contribution is -2.00. The average molecular weight is 676 g/mol. The number of aromatic nitrogens is 4. The lowest BCUT2D eigenvalue weighted by atomic mass is 10.0. The van der Waals surface area contributed by atoms with E-state index in [4.69, 9.17) is 26.2 Å². The summed E-state index contributed by atoms with van der Waals surface area (Å²) in [5.41, 5.74) is 6.02. The minimum absolute atomic E-state index is 0.0124. The molecule has 6 heteroatoms. The summed E-state index contributed by atoms with van der Waals surface area (Å²) < 4.78 is 53.3. The lowest BCUT2D eigenvalue weighted by molar-refractivity contribution is 0.669. The summed E-state index contributed by atoms with van der Waals surface area (Å²) in [6.07, 6.45) is 0. The van der Waals surface area contributed by atoms with Crippen LogP contribution in [0.15, 0.2) is 162 Å². The zero-order chi connectivity index (χ0) is 37.8. The molecule has 0 bridgehead atoms. The molecule has 238 valence electrons. The SMILES string of the molecule is [2H]c1c([2H])c([2H])c(-c2nc(-c3ccc4oc5ccccc5c4c3)nc(-c3cccc4sc5ccc(-n6c7ccccc7c7ccccc76)cc5c34)n2)c([2H])c1[2H]. The second-order valence-corrected chi connectivity index (χ2v) is 13.5. The number of hydrogen-bond acceptors (Lipinski definition) is 5. The third-order valence-corrected chi connectivity index (χ3v) is 10.7. The van der Waals surface area contributed by atoms with E-state index in [1.165, 1.54) is 10.8 Å². The third kappa shape index (κ3) is 4.37. The van der Waals surface area contributed by atoms with Crippen LogP contribution in [0.5, 0.6) is 0 Å². The molecule has 0 aliphatic carbocycles. The van der Waals surface area contributed by atoms with Gasteiger partial charge in [0, 0.05) is 64.1 Å². The van der Waals surface area contributed by atoms with Gasteiger partial charge in [-0.15, -0.1) is 11.3 Å². The summed E-state index contributed by atoms with van der Waals surface area (Å²) in [5, 5.41) is 6.16. The maximum atomic E-state index is 8.84. The van der Waals surface area contributed by atoms with Crippen LogP contribution in [0.4, 0.5) is 0 Å². The van der Waals surface area contributed by atoms with Gasteiger partial charge in [0.15, 0.2) is 17.5 Å². The van der Waals surface area contributed by atoms with Crippen molar-refractivity contribution in [1.29, 1.82) is 0 Å². The Balaban J connectivity index is 1.18. The number of hydrogen-bond donors (Lipinski definition) is 0.